The van der Waals surface area contributed by atoms with Crippen LogP contribution in [-0.2, 0) is 5.41 Å². The second-order valence-electron chi connectivity index (χ2n) is 5.09. The number of amides is 1. The van der Waals surface area contributed by atoms with E-state index in [0.717, 1.165) is 28.5 Å². The van der Waals surface area contributed by atoms with Gasteiger partial charge < -0.3 is 5.32 Å². The van der Waals surface area contributed by atoms with Crippen LogP contribution < -0.4 is 5.32 Å². The highest BCUT2D eigenvalue weighted by atomic mass is 127. The second kappa shape index (κ2) is 6.38. The Morgan fingerprint density at radius 2 is 1.94 bits per heavy atom. The first kappa shape index (κ1) is 14.5. The number of benzene rings is 1. The van der Waals surface area contributed by atoms with Gasteiger partial charge in [0.25, 0.3) is 5.91 Å². The highest BCUT2D eigenvalue weighted by Gasteiger charge is 2.20. The number of nitrogens with one attached hydrogen (secondary N) is 1. The van der Waals surface area contributed by atoms with Crippen molar-refractivity contribution < 1.29 is 4.79 Å². The van der Waals surface area contributed by atoms with Crippen LogP contribution in [0.3, 0.4) is 0 Å². The molecule has 0 bridgehead atoms. The SMILES string of the molecule is CC(C)(C)c1ccccc1C(=O)NCCCI. The summed E-state index contributed by atoms with van der Waals surface area (Å²) < 4.78 is 1.07. The van der Waals surface area contributed by atoms with Gasteiger partial charge in [0, 0.05) is 16.5 Å². The minimum absolute atomic E-state index is 0.00278. The third kappa shape index (κ3) is 4.30. The molecular formula is C14H20INO. The molecule has 0 heterocycles. The van der Waals surface area contributed by atoms with Crippen LogP contribution in [0.5, 0.6) is 0 Å². The first-order valence-corrected chi connectivity index (χ1v) is 7.43. The van der Waals surface area contributed by atoms with E-state index >= 15 is 0 Å². The summed E-state index contributed by atoms with van der Waals surface area (Å²) in [4.78, 5) is 12.1. The summed E-state index contributed by atoms with van der Waals surface area (Å²) in [5.74, 6) is 0.0420. The van der Waals surface area contributed by atoms with Crippen molar-refractivity contribution in [3.63, 3.8) is 0 Å². The van der Waals surface area contributed by atoms with Crippen molar-refractivity contribution in [2.75, 3.05) is 11.0 Å². The smallest absolute Gasteiger partial charge is 0.251 e. The molecule has 1 N–H and O–H groups in total. The van der Waals surface area contributed by atoms with Crippen molar-refractivity contribution in [1.82, 2.24) is 5.32 Å². The Balaban J connectivity index is 2.86. The van der Waals surface area contributed by atoms with Crippen LogP contribution in [0.15, 0.2) is 24.3 Å². The van der Waals surface area contributed by atoms with E-state index in [4.69, 9.17) is 0 Å². The Kier molecular flexibility index (Phi) is 5.43. The van der Waals surface area contributed by atoms with Gasteiger partial charge >= 0.3 is 0 Å². The van der Waals surface area contributed by atoms with Crippen molar-refractivity contribution in [2.24, 2.45) is 0 Å². The summed E-state index contributed by atoms with van der Waals surface area (Å²) in [6, 6.07) is 7.85. The predicted octanol–water partition coefficient (Wildman–Crippen LogP) is 3.54. The molecule has 0 aromatic heterocycles. The minimum Gasteiger partial charge on any atom is -0.352 e. The fourth-order valence-electron chi connectivity index (χ4n) is 1.70. The van der Waals surface area contributed by atoms with Crippen molar-refractivity contribution in [3.05, 3.63) is 35.4 Å². The molecule has 1 rings (SSSR count). The van der Waals surface area contributed by atoms with E-state index in [1.165, 1.54) is 0 Å². The largest absolute Gasteiger partial charge is 0.352 e. The van der Waals surface area contributed by atoms with Gasteiger partial charge in [0.1, 0.15) is 0 Å². The summed E-state index contributed by atoms with van der Waals surface area (Å²) in [7, 11) is 0. The maximum atomic E-state index is 12.1. The molecule has 0 aliphatic heterocycles. The standard InChI is InChI=1S/C14H20INO/c1-14(2,3)12-8-5-4-7-11(12)13(17)16-10-6-9-15/h4-5,7-8H,6,9-10H2,1-3H3,(H,16,17). The van der Waals surface area contributed by atoms with Gasteiger partial charge in [-0.15, -0.1) is 0 Å². The van der Waals surface area contributed by atoms with Gasteiger partial charge in [0.15, 0.2) is 0 Å². The molecule has 0 atom stereocenters. The molecule has 3 heteroatoms. The predicted molar refractivity (Wildman–Crippen MR) is 81.0 cm³/mol. The highest BCUT2D eigenvalue weighted by molar-refractivity contribution is 14.1. The Bertz CT molecular complexity index is 382. The van der Waals surface area contributed by atoms with Crippen LogP contribution in [-0.4, -0.2) is 16.9 Å². The zero-order valence-electron chi connectivity index (χ0n) is 10.7. The Morgan fingerprint density at radius 1 is 1.29 bits per heavy atom. The first-order chi connectivity index (χ1) is 7.96. The maximum Gasteiger partial charge on any atom is 0.251 e. The molecule has 0 saturated heterocycles. The Hall–Kier alpha value is -0.580. The third-order valence-corrected chi connectivity index (χ3v) is 3.34. The van der Waals surface area contributed by atoms with Gasteiger partial charge in [-0.2, -0.15) is 0 Å². The molecule has 0 saturated carbocycles. The quantitative estimate of drug-likeness (QED) is 0.505. The summed E-state index contributed by atoms with van der Waals surface area (Å²) in [5.41, 5.74) is 1.90. The number of alkyl halides is 1. The normalized spacial score (nSPS) is 11.3. The molecule has 0 spiro atoms. The van der Waals surface area contributed by atoms with Gasteiger partial charge in [0.2, 0.25) is 0 Å². The van der Waals surface area contributed by atoms with Crippen LogP contribution >= 0.6 is 22.6 Å². The number of hydrogen-bond donors (Lipinski definition) is 1. The zero-order valence-corrected chi connectivity index (χ0v) is 12.9. The molecule has 0 fully saturated rings. The molecule has 1 amide bonds. The van der Waals surface area contributed by atoms with Crippen molar-refractivity contribution in [3.8, 4) is 0 Å². The molecule has 0 radical (unpaired) electrons. The van der Waals surface area contributed by atoms with Crippen LogP contribution in [0.4, 0.5) is 0 Å². The van der Waals surface area contributed by atoms with Gasteiger partial charge in [-0.3, -0.25) is 4.79 Å². The molecule has 1 aromatic carbocycles. The van der Waals surface area contributed by atoms with E-state index in [-0.39, 0.29) is 11.3 Å². The molecule has 0 unspecified atom stereocenters. The number of hydrogen-bond acceptors (Lipinski definition) is 1. The van der Waals surface area contributed by atoms with Gasteiger partial charge in [-0.05, 0) is 23.5 Å². The van der Waals surface area contributed by atoms with E-state index < -0.39 is 0 Å². The number of halogens is 1. The monoisotopic (exact) mass is 345 g/mol. The topological polar surface area (TPSA) is 29.1 Å². The molecule has 94 valence electrons. The molecule has 1 aromatic rings. The summed E-state index contributed by atoms with van der Waals surface area (Å²) in [6.07, 6.45) is 1.02. The Labute approximate surface area is 117 Å². The second-order valence-corrected chi connectivity index (χ2v) is 6.17. The average molecular weight is 345 g/mol. The third-order valence-electron chi connectivity index (χ3n) is 2.58. The zero-order chi connectivity index (χ0) is 12.9. The van der Waals surface area contributed by atoms with E-state index in [1.807, 2.05) is 24.3 Å². The summed E-state index contributed by atoms with van der Waals surface area (Å²) >= 11 is 2.32. The lowest BCUT2D eigenvalue weighted by atomic mass is 9.83. The average Bonchev–Trinajstić information content (AvgIpc) is 2.28. The van der Waals surface area contributed by atoms with E-state index in [9.17, 15) is 4.79 Å². The van der Waals surface area contributed by atoms with Crippen LogP contribution in [0.1, 0.15) is 43.1 Å². The van der Waals surface area contributed by atoms with E-state index in [2.05, 4.69) is 48.7 Å². The lowest BCUT2D eigenvalue weighted by Crippen LogP contribution is -2.28. The lowest BCUT2D eigenvalue weighted by Gasteiger charge is -2.22. The van der Waals surface area contributed by atoms with Crippen molar-refractivity contribution in [2.45, 2.75) is 32.6 Å². The van der Waals surface area contributed by atoms with Gasteiger partial charge in [0.05, 0.1) is 0 Å². The summed E-state index contributed by atoms with van der Waals surface area (Å²) in [6.45, 7) is 7.14. The molecule has 17 heavy (non-hydrogen) atoms. The van der Waals surface area contributed by atoms with E-state index in [0.29, 0.717) is 0 Å². The Morgan fingerprint density at radius 3 is 2.53 bits per heavy atom. The fraction of sp³-hybridized carbons (Fsp3) is 0.500. The van der Waals surface area contributed by atoms with Crippen LogP contribution in [0.25, 0.3) is 0 Å². The van der Waals surface area contributed by atoms with Crippen molar-refractivity contribution >= 4 is 28.5 Å². The lowest BCUT2D eigenvalue weighted by molar-refractivity contribution is 0.0951. The van der Waals surface area contributed by atoms with E-state index in [1.54, 1.807) is 0 Å². The number of carbonyl (C=O) groups excluding carboxylic acids is 1. The highest BCUT2D eigenvalue weighted by Crippen LogP contribution is 2.25. The van der Waals surface area contributed by atoms with Crippen molar-refractivity contribution in [1.29, 1.82) is 0 Å². The summed E-state index contributed by atoms with van der Waals surface area (Å²) in [5, 5.41) is 2.97. The molecular weight excluding hydrogens is 325 g/mol. The number of carbonyl (C=O) groups is 1. The maximum absolute atomic E-state index is 12.1. The molecule has 2 nitrogen and oxygen atoms in total. The molecule has 0 aliphatic carbocycles. The van der Waals surface area contributed by atoms with Gasteiger partial charge in [-0.1, -0.05) is 61.6 Å². The van der Waals surface area contributed by atoms with Crippen LogP contribution in [0, 0.1) is 0 Å². The van der Waals surface area contributed by atoms with Gasteiger partial charge in [-0.25, -0.2) is 0 Å². The molecule has 0 aliphatic rings. The van der Waals surface area contributed by atoms with Crippen LogP contribution in [0.2, 0.25) is 0 Å². The first-order valence-electron chi connectivity index (χ1n) is 5.90. The minimum atomic E-state index is -0.00278. The fourth-order valence-corrected chi connectivity index (χ4v) is 2.08. The number of rotatable bonds is 4.